The first-order valence-electron chi connectivity index (χ1n) is 7.17. The van der Waals surface area contributed by atoms with Gasteiger partial charge in [0.15, 0.2) is 5.82 Å². The van der Waals surface area contributed by atoms with E-state index in [1.54, 1.807) is 0 Å². The van der Waals surface area contributed by atoms with Crippen LogP contribution in [-0.2, 0) is 12.8 Å². The number of aromatic nitrogens is 3. The van der Waals surface area contributed by atoms with Crippen LogP contribution < -0.4 is 10.5 Å². The summed E-state index contributed by atoms with van der Waals surface area (Å²) < 4.78 is 7.49. The van der Waals surface area contributed by atoms with Crippen molar-refractivity contribution in [2.45, 2.75) is 40.0 Å². The van der Waals surface area contributed by atoms with E-state index in [4.69, 9.17) is 10.5 Å². The van der Waals surface area contributed by atoms with Crippen molar-refractivity contribution >= 4 is 5.69 Å². The molecule has 5 heteroatoms. The van der Waals surface area contributed by atoms with Gasteiger partial charge in [-0.25, -0.2) is 9.67 Å². The zero-order valence-electron chi connectivity index (χ0n) is 12.4. The lowest BCUT2D eigenvalue weighted by atomic mass is 10.2. The molecule has 0 atom stereocenters. The number of aryl methyl sites for hydroxylation is 2. The molecule has 0 unspecified atom stereocenters. The van der Waals surface area contributed by atoms with E-state index in [1.165, 1.54) is 0 Å². The average molecular weight is 274 g/mol. The molecule has 0 radical (unpaired) electrons. The molecule has 2 N–H and O–H groups in total. The molecule has 0 amide bonds. The molecule has 1 aromatic heterocycles. The third-order valence-electron chi connectivity index (χ3n) is 3.08. The summed E-state index contributed by atoms with van der Waals surface area (Å²) in [4.78, 5) is 4.51. The van der Waals surface area contributed by atoms with Crippen molar-refractivity contribution in [1.29, 1.82) is 0 Å². The van der Waals surface area contributed by atoms with E-state index in [0.29, 0.717) is 18.0 Å². The van der Waals surface area contributed by atoms with Crippen LogP contribution in [0.2, 0.25) is 0 Å². The summed E-state index contributed by atoms with van der Waals surface area (Å²) in [5.74, 6) is 2.46. The number of nitrogens with two attached hydrogens (primary N) is 1. The normalized spacial score (nSPS) is 10.8. The number of hydrogen-bond donors (Lipinski definition) is 1. The van der Waals surface area contributed by atoms with Gasteiger partial charge in [0.25, 0.3) is 0 Å². The van der Waals surface area contributed by atoms with Crippen molar-refractivity contribution in [2.24, 2.45) is 0 Å². The van der Waals surface area contributed by atoms with Gasteiger partial charge in [0, 0.05) is 12.8 Å². The summed E-state index contributed by atoms with van der Waals surface area (Å²) in [6.45, 7) is 6.84. The van der Waals surface area contributed by atoms with Gasteiger partial charge >= 0.3 is 0 Å². The smallest absolute Gasteiger partial charge is 0.151 e. The molecule has 0 aliphatic carbocycles. The molecule has 0 aliphatic heterocycles. The molecule has 2 rings (SSSR count). The molecule has 5 nitrogen and oxygen atoms in total. The Morgan fingerprint density at radius 3 is 2.65 bits per heavy atom. The fraction of sp³-hybridized carbons (Fsp3) is 0.467. The Morgan fingerprint density at radius 1 is 1.20 bits per heavy atom. The quantitative estimate of drug-likeness (QED) is 0.823. The van der Waals surface area contributed by atoms with Gasteiger partial charge in [0.2, 0.25) is 0 Å². The first kappa shape index (κ1) is 14.4. The number of rotatable bonds is 6. The average Bonchev–Trinajstić information content (AvgIpc) is 2.89. The predicted octanol–water partition coefficient (Wildman–Crippen LogP) is 2.76. The number of ether oxygens (including phenoxy) is 1. The summed E-state index contributed by atoms with van der Waals surface area (Å²) in [5.41, 5.74) is 7.67. The van der Waals surface area contributed by atoms with Gasteiger partial charge in [-0.3, -0.25) is 0 Å². The van der Waals surface area contributed by atoms with Crippen LogP contribution >= 0.6 is 0 Å². The minimum Gasteiger partial charge on any atom is -0.491 e. The Bertz CT molecular complexity index is 577. The second-order valence-electron chi connectivity index (χ2n) is 4.60. The van der Waals surface area contributed by atoms with Crippen LogP contribution in [0.3, 0.4) is 0 Å². The molecule has 1 aromatic carbocycles. The number of hydrogen-bond acceptors (Lipinski definition) is 4. The van der Waals surface area contributed by atoms with Crippen molar-refractivity contribution in [3.63, 3.8) is 0 Å². The molecule has 0 aliphatic rings. The first-order chi connectivity index (χ1) is 9.71. The van der Waals surface area contributed by atoms with Crippen LogP contribution in [0.4, 0.5) is 5.69 Å². The number of anilines is 1. The predicted molar refractivity (Wildman–Crippen MR) is 80.3 cm³/mol. The summed E-state index contributed by atoms with van der Waals surface area (Å²) in [6, 6.07) is 5.77. The maximum absolute atomic E-state index is 6.22. The van der Waals surface area contributed by atoms with Gasteiger partial charge in [-0.05, 0) is 18.6 Å². The number of nitrogen functional groups attached to an aromatic ring is 1. The van der Waals surface area contributed by atoms with Gasteiger partial charge in [0.05, 0.1) is 12.3 Å². The second kappa shape index (κ2) is 6.41. The molecule has 1 heterocycles. The van der Waals surface area contributed by atoms with E-state index < -0.39 is 0 Å². The van der Waals surface area contributed by atoms with E-state index in [-0.39, 0.29) is 0 Å². The van der Waals surface area contributed by atoms with Crippen molar-refractivity contribution < 1.29 is 4.74 Å². The van der Waals surface area contributed by atoms with E-state index in [1.807, 2.05) is 29.8 Å². The van der Waals surface area contributed by atoms with Gasteiger partial charge in [-0.2, -0.15) is 5.10 Å². The zero-order valence-corrected chi connectivity index (χ0v) is 12.4. The fourth-order valence-electron chi connectivity index (χ4n) is 2.02. The van der Waals surface area contributed by atoms with Gasteiger partial charge in [-0.15, -0.1) is 0 Å². The Labute approximate surface area is 119 Å². The summed E-state index contributed by atoms with van der Waals surface area (Å²) in [5, 5.41) is 4.52. The maximum Gasteiger partial charge on any atom is 0.151 e. The standard InChI is InChI=1S/C15H22N4O/c1-4-10-20-12-9-7-8-11(15(12)16)19-14(6-3)17-13(5-2)18-19/h7-9H,4-6,10,16H2,1-3H3. The van der Waals surface area contributed by atoms with Crippen LogP contribution in [-0.4, -0.2) is 21.4 Å². The van der Waals surface area contributed by atoms with Crippen LogP contribution in [0.5, 0.6) is 5.75 Å². The van der Waals surface area contributed by atoms with E-state index in [2.05, 4.69) is 23.9 Å². The van der Waals surface area contributed by atoms with Gasteiger partial charge < -0.3 is 10.5 Å². The first-order valence-corrected chi connectivity index (χ1v) is 7.17. The summed E-state index contributed by atoms with van der Waals surface area (Å²) in [7, 11) is 0. The molecular weight excluding hydrogens is 252 g/mol. The molecule has 0 fully saturated rings. The highest BCUT2D eigenvalue weighted by Crippen LogP contribution is 2.28. The molecule has 0 spiro atoms. The molecular formula is C15H22N4O. The van der Waals surface area contributed by atoms with E-state index >= 15 is 0 Å². The summed E-state index contributed by atoms with van der Waals surface area (Å²) in [6.07, 6.45) is 2.58. The minimum absolute atomic E-state index is 0.614. The van der Waals surface area contributed by atoms with Crippen LogP contribution in [0.25, 0.3) is 5.69 Å². The van der Waals surface area contributed by atoms with E-state index in [0.717, 1.165) is 36.6 Å². The van der Waals surface area contributed by atoms with Crippen molar-refractivity contribution in [1.82, 2.24) is 14.8 Å². The fourth-order valence-corrected chi connectivity index (χ4v) is 2.02. The highest BCUT2D eigenvalue weighted by atomic mass is 16.5. The SMILES string of the molecule is CCCOc1cccc(-n2nc(CC)nc2CC)c1N. The number of benzene rings is 1. The lowest BCUT2D eigenvalue weighted by Crippen LogP contribution is -2.07. The molecule has 0 saturated heterocycles. The van der Waals surface area contributed by atoms with Crippen molar-refractivity contribution in [2.75, 3.05) is 12.3 Å². The molecule has 20 heavy (non-hydrogen) atoms. The molecule has 2 aromatic rings. The monoisotopic (exact) mass is 274 g/mol. The lowest BCUT2D eigenvalue weighted by Gasteiger charge is -2.12. The Morgan fingerprint density at radius 2 is 2.00 bits per heavy atom. The maximum atomic E-state index is 6.22. The molecule has 108 valence electrons. The van der Waals surface area contributed by atoms with Crippen molar-refractivity contribution in [3.8, 4) is 11.4 Å². The Hall–Kier alpha value is -2.04. The van der Waals surface area contributed by atoms with Gasteiger partial charge in [0.1, 0.15) is 17.3 Å². The highest BCUT2D eigenvalue weighted by molar-refractivity contribution is 5.66. The Balaban J connectivity index is 2.44. The topological polar surface area (TPSA) is 66.0 Å². The lowest BCUT2D eigenvalue weighted by molar-refractivity contribution is 0.319. The number of para-hydroxylation sites is 1. The largest absolute Gasteiger partial charge is 0.491 e. The Kier molecular flexibility index (Phi) is 4.61. The third-order valence-corrected chi connectivity index (χ3v) is 3.08. The van der Waals surface area contributed by atoms with Crippen LogP contribution in [0.15, 0.2) is 18.2 Å². The zero-order chi connectivity index (χ0) is 14.5. The van der Waals surface area contributed by atoms with E-state index in [9.17, 15) is 0 Å². The highest BCUT2D eigenvalue weighted by Gasteiger charge is 2.14. The van der Waals surface area contributed by atoms with Gasteiger partial charge in [-0.1, -0.05) is 26.8 Å². The third kappa shape index (κ3) is 2.76. The minimum atomic E-state index is 0.614. The second-order valence-corrected chi connectivity index (χ2v) is 4.60. The molecule has 0 saturated carbocycles. The van der Waals surface area contributed by atoms with Crippen molar-refractivity contribution in [3.05, 3.63) is 29.8 Å². The summed E-state index contributed by atoms with van der Waals surface area (Å²) >= 11 is 0. The molecule has 0 bridgehead atoms. The number of nitrogens with zero attached hydrogens (tertiary/aromatic N) is 3. The van der Waals surface area contributed by atoms with Crippen LogP contribution in [0.1, 0.15) is 38.8 Å². The van der Waals surface area contributed by atoms with Crippen LogP contribution in [0, 0.1) is 0 Å².